The van der Waals surface area contributed by atoms with Crippen LogP contribution in [0.1, 0.15) is 48.9 Å². The van der Waals surface area contributed by atoms with Gasteiger partial charge >= 0.3 is 0 Å². The van der Waals surface area contributed by atoms with E-state index in [4.69, 9.17) is 0 Å². The van der Waals surface area contributed by atoms with Crippen LogP contribution in [0.25, 0.3) is 0 Å². The summed E-state index contributed by atoms with van der Waals surface area (Å²) in [5.41, 5.74) is 0.295. The normalized spacial score (nSPS) is 30.7. The zero-order valence-electron chi connectivity index (χ0n) is 15.2. The van der Waals surface area contributed by atoms with Crippen molar-refractivity contribution in [3.63, 3.8) is 0 Å². The van der Waals surface area contributed by atoms with Gasteiger partial charge in [-0.15, -0.1) is 0 Å². The van der Waals surface area contributed by atoms with Gasteiger partial charge in [-0.3, -0.25) is 19.7 Å². The Morgan fingerprint density at radius 3 is 2.15 bits per heavy atom. The molecule has 2 amide bonds. The van der Waals surface area contributed by atoms with Gasteiger partial charge in [-0.25, -0.2) is 0 Å². The first-order valence-electron chi connectivity index (χ1n) is 9.81. The number of non-ortho nitro benzene ring substituents is 1. The van der Waals surface area contributed by atoms with Gasteiger partial charge in [0.05, 0.1) is 4.92 Å². The van der Waals surface area contributed by atoms with Crippen molar-refractivity contribution < 1.29 is 14.5 Å². The maximum absolute atomic E-state index is 12.3. The molecule has 0 aliphatic heterocycles. The molecule has 0 radical (unpaired) electrons. The summed E-state index contributed by atoms with van der Waals surface area (Å²) in [7, 11) is 0. The minimum Gasteiger partial charge on any atom is -0.353 e. The molecule has 4 aliphatic carbocycles. The van der Waals surface area contributed by atoms with Crippen LogP contribution in [0.5, 0.6) is 0 Å². The van der Waals surface area contributed by atoms with E-state index in [-0.39, 0.29) is 30.5 Å². The van der Waals surface area contributed by atoms with Crippen molar-refractivity contribution in [2.75, 3.05) is 6.54 Å². The molecule has 0 aromatic heterocycles. The third kappa shape index (κ3) is 3.82. The van der Waals surface area contributed by atoms with Gasteiger partial charge in [0, 0.05) is 36.7 Å². The van der Waals surface area contributed by atoms with Gasteiger partial charge in [0.25, 0.3) is 11.6 Å². The Morgan fingerprint density at radius 2 is 1.59 bits per heavy atom. The van der Waals surface area contributed by atoms with Crippen molar-refractivity contribution >= 4 is 17.5 Å². The average molecular weight is 371 g/mol. The van der Waals surface area contributed by atoms with E-state index in [9.17, 15) is 19.7 Å². The lowest BCUT2D eigenvalue weighted by Crippen LogP contribution is -2.56. The summed E-state index contributed by atoms with van der Waals surface area (Å²) in [6, 6.07) is 5.75. The molecule has 0 unspecified atom stereocenters. The highest BCUT2D eigenvalue weighted by atomic mass is 16.6. The Bertz CT molecular complexity index is 718. The Morgan fingerprint density at radius 1 is 1.00 bits per heavy atom. The quantitative estimate of drug-likeness (QED) is 0.593. The number of carbonyl (C=O) groups excluding carboxylic acids is 2. The highest BCUT2D eigenvalue weighted by molar-refractivity contribution is 5.94. The second kappa shape index (κ2) is 7.29. The molecule has 7 nitrogen and oxygen atoms in total. The monoisotopic (exact) mass is 371 g/mol. The zero-order chi connectivity index (χ0) is 19.0. The van der Waals surface area contributed by atoms with Crippen molar-refractivity contribution in [1.82, 2.24) is 10.6 Å². The van der Waals surface area contributed by atoms with Gasteiger partial charge in [-0.1, -0.05) is 0 Å². The molecule has 4 fully saturated rings. The zero-order valence-corrected chi connectivity index (χ0v) is 15.2. The summed E-state index contributed by atoms with van der Waals surface area (Å²) >= 11 is 0. The molecule has 5 rings (SSSR count). The van der Waals surface area contributed by atoms with Crippen LogP contribution in [0.4, 0.5) is 5.69 Å². The molecule has 0 heterocycles. The maximum Gasteiger partial charge on any atom is 0.269 e. The van der Waals surface area contributed by atoms with Crippen LogP contribution < -0.4 is 10.6 Å². The van der Waals surface area contributed by atoms with Crippen LogP contribution >= 0.6 is 0 Å². The molecule has 27 heavy (non-hydrogen) atoms. The lowest BCUT2D eigenvalue weighted by molar-refractivity contribution is -0.384. The smallest absolute Gasteiger partial charge is 0.269 e. The average Bonchev–Trinajstić information content (AvgIpc) is 2.64. The Labute approximate surface area is 158 Å². The first-order chi connectivity index (χ1) is 13.0. The molecule has 0 atom stereocenters. The summed E-state index contributed by atoms with van der Waals surface area (Å²) in [5.74, 6) is 2.70. The van der Waals surface area contributed by atoms with E-state index < -0.39 is 4.92 Å². The summed E-state index contributed by atoms with van der Waals surface area (Å²) in [5, 5.41) is 16.6. The fourth-order valence-electron chi connectivity index (χ4n) is 5.55. The van der Waals surface area contributed by atoms with Crippen molar-refractivity contribution in [3.8, 4) is 0 Å². The van der Waals surface area contributed by atoms with E-state index >= 15 is 0 Å². The van der Waals surface area contributed by atoms with E-state index in [2.05, 4.69) is 10.6 Å². The molecule has 2 N–H and O–H groups in total. The van der Waals surface area contributed by atoms with Crippen molar-refractivity contribution in [3.05, 3.63) is 39.9 Å². The number of rotatable bonds is 6. The predicted molar refractivity (Wildman–Crippen MR) is 99.0 cm³/mol. The van der Waals surface area contributed by atoms with E-state index in [1.165, 1.54) is 56.4 Å². The Kier molecular flexibility index (Phi) is 4.85. The molecule has 1 aromatic rings. The van der Waals surface area contributed by atoms with Gasteiger partial charge in [-0.05, 0) is 67.9 Å². The molecular weight excluding hydrogens is 346 g/mol. The lowest BCUT2D eigenvalue weighted by atomic mass is 9.54. The fourth-order valence-corrected chi connectivity index (χ4v) is 5.55. The fraction of sp³-hybridized carbons (Fsp3) is 0.600. The predicted octanol–water partition coefficient (Wildman–Crippen LogP) is 2.66. The molecule has 4 saturated carbocycles. The van der Waals surface area contributed by atoms with Gasteiger partial charge in [0.2, 0.25) is 5.91 Å². The number of hydrogen-bond acceptors (Lipinski definition) is 4. The number of amides is 2. The second-order valence-corrected chi connectivity index (χ2v) is 8.33. The lowest BCUT2D eigenvalue weighted by Gasteiger charge is -2.54. The van der Waals surface area contributed by atoms with Crippen LogP contribution in [0, 0.1) is 33.8 Å². The van der Waals surface area contributed by atoms with Crippen molar-refractivity contribution in [2.24, 2.45) is 23.7 Å². The van der Waals surface area contributed by atoms with Crippen molar-refractivity contribution in [2.45, 2.75) is 44.6 Å². The molecule has 7 heteroatoms. The summed E-state index contributed by atoms with van der Waals surface area (Å²) < 4.78 is 0. The minimum absolute atomic E-state index is 0.00327. The number of nitro benzene ring substituents is 1. The third-order valence-corrected chi connectivity index (χ3v) is 6.53. The van der Waals surface area contributed by atoms with Gasteiger partial charge in [0.1, 0.15) is 0 Å². The topological polar surface area (TPSA) is 101 Å². The first kappa shape index (κ1) is 17.9. The van der Waals surface area contributed by atoms with Crippen LogP contribution in [0.3, 0.4) is 0 Å². The Balaban J connectivity index is 1.23. The number of nitrogens with one attached hydrogen (secondary N) is 2. The first-order valence-corrected chi connectivity index (χ1v) is 9.81. The van der Waals surface area contributed by atoms with Crippen molar-refractivity contribution in [1.29, 1.82) is 0 Å². The largest absolute Gasteiger partial charge is 0.353 e. The molecule has 4 bridgehead atoms. The molecule has 144 valence electrons. The van der Waals surface area contributed by atoms with E-state index in [0.29, 0.717) is 23.4 Å². The van der Waals surface area contributed by atoms with Gasteiger partial charge in [0.15, 0.2) is 0 Å². The molecular formula is C20H25N3O4. The standard InChI is InChI=1S/C20H25N3O4/c24-18(22-19-15-8-12-7-13(10-15)11-16(19)9-12)5-6-21-20(25)14-1-3-17(4-2-14)23(26)27/h1-4,12-13,15-16,19H,5-11H2,(H,21,25)(H,22,24). The highest BCUT2D eigenvalue weighted by Gasteiger charge is 2.48. The Hall–Kier alpha value is -2.44. The summed E-state index contributed by atoms with van der Waals surface area (Å²) in [4.78, 5) is 34.6. The molecule has 0 saturated heterocycles. The van der Waals surface area contributed by atoms with Gasteiger partial charge < -0.3 is 10.6 Å². The molecule has 0 spiro atoms. The summed E-state index contributed by atoms with van der Waals surface area (Å²) in [6.45, 7) is 0.259. The number of nitro groups is 1. The number of benzene rings is 1. The van der Waals surface area contributed by atoms with Crippen LogP contribution in [-0.4, -0.2) is 29.3 Å². The third-order valence-electron chi connectivity index (χ3n) is 6.53. The van der Waals surface area contributed by atoms with Gasteiger partial charge in [-0.2, -0.15) is 0 Å². The van der Waals surface area contributed by atoms with E-state index in [1.807, 2.05) is 0 Å². The maximum atomic E-state index is 12.3. The number of nitrogens with zero attached hydrogens (tertiary/aromatic N) is 1. The molecule has 1 aromatic carbocycles. The number of carbonyl (C=O) groups is 2. The van der Waals surface area contributed by atoms with Crippen LogP contribution in [-0.2, 0) is 4.79 Å². The minimum atomic E-state index is -0.504. The summed E-state index contributed by atoms with van der Waals surface area (Å²) in [6.07, 6.45) is 6.68. The van der Waals surface area contributed by atoms with Crippen LogP contribution in [0.15, 0.2) is 24.3 Å². The second-order valence-electron chi connectivity index (χ2n) is 8.33. The SMILES string of the molecule is O=C(CCNC(=O)c1ccc([N+](=O)[O-])cc1)NC1C2CC3CC(C2)CC1C3. The molecule has 4 aliphatic rings. The van der Waals surface area contributed by atoms with Crippen LogP contribution in [0.2, 0.25) is 0 Å². The number of hydrogen-bond donors (Lipinski definition) is 2. The van der Waals surface area contributed by atoms with E-state index in [0.717, 1.165) is 11.8 Å². The highest BCUT2D eigenvalue weighted by Crippen LogP contribution is 2.53. The van der Waals surface area contributed by atoms with E-state index in [1.54, 1.807) is 0 Å².